The third-order valence-corrected chi connectivity index (χ3v) is 3.19. The number of halogens is 2. The van der Waals surface area contributed by atoms with E-state index in [-0.39, 0.29) is 23.7 Å². The summed E-state index contributed by atoms with van der Waals surface area (Å²) in [5, 5.41) is 9.41. The minimum absolute atomic E-state index is 0.000992. The van der Waals surface area contributed by atoms with Crippen LogP contribution in [0, 0.1) is 5.82 Å². The first kappa shape index (κ1) is 15.3. The van der Waals surface area contributed by atoms with Crippen LogP contribution in [0.1, 0.15) is 10.4 Å². The van der Waals surface area contributed by atoms with Crippen molar-refractivity contribution in [3.8, 4) is 0 Å². The maximum absolute atomic E-state index is 13.8. The van der Waals surface area contributed by atoms with Crippen molar-refractivity contribution in [3.63, 3.8) is 0 Å². The molecule has 0 radical (unpaired) electrons. The summed E-state index contributed by atoms with van der Waals surface area (Å²) in [7, 11) is 0. The van der Waals surface area contributed by atoms with E-state index < -0.39 is 11.7 Å². The van der Waals surface area contributed by atoms with E-state index in [1.54, 1.807) is 24.3 Å². The highest BCUT2D eigenvalue weighted by atomic mass is 35.5. The van der Waals surface area contributed by atoms with Gasteiger partial charge in [-0.15, -0.1) is 0 Å². The highest BCUT2D eigenvalue weighted by Crippen LogP contribution is 2.25. The number of aliphatic hydroxyl groups is 1. The summed E-state index contributed by atoms with van der Waals surface area (Å²) in [4.78, 5) is 13.7. The smallest absolute Gasteiger partial charge is 0.261 e. The van der Waals surface area contributed by atoms with Gasteiger partial charge in [-0.2, -0.15) is 0 Å². The van der Waals surface area contributed by atoms with Crippen LogP contribution in [0.3, 0.4) is 0 Å². The number of hydrogen-bond acceptors (Lipinski definition) is 3. The number of rotatable bonds is 4. The topological polar surface area (TPSA) is 66.6 Å². The lowest BCUT2D eigenvalue weighted by atomic mass is 10.1. The lowest BCUT2D eigenvalue weighted by molar-refractivity contribution is 0.0977. The number of nitrogen functional groups attached to an aromatic ring is 1. The summed E-state index contributed by atoms with van der Waals surface area (Å²) in [5.41, 5.74) is 6.45. The van der Waals surface area contributed by atoms with Gasteiger partial charge in [0.15, 0.2) is 0 Å². The van der Waals surface area contributed by atoms with Crippen molar-refractivity contribution in [3.05, 3.63) is 58.9 Å². The first-order valence-electron chi connectivity index (χ1n) is 6.27. The molecule has 2 rings (SSSR count). The van der Waals surface area contributed by atoms with Crippen molar-refractivity contribution in [2.75, 3.05) is 23.8 Å². The van der Waals surface area contributed by atoms with Gasteiger partial charge in [0, 0.05) is 11.6 Å². The van der Waals surface area contributed by atoms with E-state index in [2.05, 4.69) is 0 Å². The molecule has 0 aromatic heterocycles. The zero-order chi connectivity index (χ0) is 15.4. The number of carbonyl (C=O) groups excluding carboxylic acids is 1. The maximum Gasteiger partial charge on any atom is 0.261 e. The molecule has 0 bridgehead atoms. The molecular formula is C15H14ClFN2O2. The van der Waals surface area contributed by atoms with Crippen LogP contribution in [0.2, 0.25) is 5.02 Å². The fraction of sp³-hybridized carbons (Fsp3) is 0.133. The predicted octanol–water partition coefficient (Wildman–Crippen LogP) is 2.70. The molecular weight excluding hydrogens is 295 g/mol. The molecule has 0 unspecified atom stereocenters. The second-order valence-corrected chi connectivity index (χ2v) is 4.80. The summed E-state index contributed by atoms with van der Waals surface area (Å²) in [5.74, 6) is -1.29. The van der Waals surface area contributed by atoms with Crippen LogP contribution in [0.25, 0.3) is 0 Å². The molecule has 110 valence electrons. The molecule has 0 fully saturated rings. The Balaban J connectivity index is 2.45. The van der Waals surface area contributed by atoms with Crippen LogP contribution in [0.4, 0.5) is 15.8 Å². The highest BCUT2D eigenvalue weighted by Gasteiger charge is 2.22. The molecule has 0 aliphatic rings. The molecule has 0 saturated carbocycles. The van der Waals surface area contributed by atoms with E-state index in [9.17, 15) is 9.18 Å². The van der Waals surface area contributed by atoms with Gasteiger partial charge < -0.3 is 15.7 Å². The zero-order valence-corrected chi connectivity index (χ0v) is 11.8. The lowest BCUT2D eigenvalue weighted by Crippen LogP contribution is -2.34. The van der Waals surface area contributed by atoms with E-state index in [0.29, 0.717) is 11.4 Å². The van der Waals surface area contributed by atoms with Gasteiger partial charge in [0.2, 0.25) is 0 Å². The van der Waals surface area contributed by atoms with Crippen molar-refractivity contribution in [2.45, 2.75) is 0 Å². The Hall–Kier alpha value is -2.11. The number of nitrogens with zero attached hydrogens (tertiary/aromatic N) is 1. The molecule has 4 nitrogen and oxygen atoms in total. The van der Waals surface area contributed by atoms with Gasteiger partial charge in [-0.25, -0.2) is 4.39 Å². The average molecular weight is 309 g/mol. The van der Waals surface area contributed by atoms with Gasteiger partial charge in [-0.3, -0.25) is 4.79 Å². The number of hydrogen-bond donors (Lipinski definition) is 2. The third kappa shape index (κ3) is 3.32. The normalized spacial score (nSPS) is 10.4. The number of anilines is 2. The SMILES string of the molecule is Nc1ccccc1N(CCO)C(=O)c1cc(Cl)ccc1F. The van der Waals surface area contributed by atoms with Crippen molar-refractivity contribution in [1.29, 1.82) is 0 Å². The first-order valence-corrected chi connectivity index (χ1v) is 6.64. The summed E-state index contributed by atoms with van der Waals surface area (Å²) in [6.45, 7) is -0.277. The first-order chi connectivity index (χ1) is 10.0. The minimum atomic E-state index is -0.679. The lowest BCUT2D eigenvalue weighted by Gasteiger charge is -2.23. The molecule has 0 aliphatic carbocycles. The van der Waals surface area contributed by atoms with Gasteiger partial charge >= 0.3 is 0 Å². The van der Waals surface area contributed by atoms with Crippen LogP contribution < -0.4 is 10.6 Å². The summed E-state index contributed by atoms with van der Waals surface area (Å²) >= 11 is 5.81. The van der Waals surface area contributed by atoms with E-state index >= 15 is 0 Å². The second-order valence-electron chi connectivity index (χ2n) is 4.36. The number of amides is 1. The largest absolute Gasteiger partial charge is 0.397 e. The van der Waals surface area contributed by atoms with Crippen molar-refractivity contribution < 1.29 is 14.3 Å². The second kappa shape index (κ2) is 6.56. The Bertz CT molecular complexity index is 664. The number of carbonyl (C=O) groups is 1. The number of benzene rings is 2. The van der Waals surface area contributed by atoms with Crippen LogP contribution in [0.15, 0.2) is 42.5 Å². The minimum Gasteiger partial charge on any atom is -0.397 e. The molecule has 6 heteroatoms. The van der Waals surface area contributed by atoms with E-state index in [4.69, 9.17) is 22.4 Å². The summed E-state index contributed by atoms with van der Waals surface area (Å²) < 4.78 is 13.8. The Morgan fingerprint density at radius 1 is 1.29 bits per heavy atom. The summed E-state index contributed by atoms with van der Waals surface area (Å²) in [6.07, 6.45) is 0. The number of aliphatic hydroxyl groups excluding tert-OH is 1. The molecule has 3 N–H and O–H groups in total. The Morgan fingerprint density at radius 3 is 2.67 bits per heavy atom. The molecule has 1 amide bonds. The van der Waals surface area contributed by atoms with Crippen LogP contribution >= 0.6 is 11.6 Å². The van der Waals surface area contributed by atoms with E-state index in [1.165, 1.54) is 17.0 Å². The van der Waals surface area contributed by atoms with Gasteiger partial charge in [0.1, 0.15) is 5.82 Å². The molecule has 0 saturated heterocycles. The summed E-state index contributed by atoms with van der Waals surface area (Å²) in [6, 6.07) is 10.4. The van der Waals surface area contributed by atoms with Gasteiger partial charge in [0.25, 0.3) is 5.91 Å². The van der Waals surface area contributed by atoms with Crippen LogP contribution in [-0.2, 0) is 0 Å². The van der Waals surface area contributed by atoms with Gasteiger partial charge in [-0.1, -0.05) is 23.7 Å². The van der Waals surface area contributed by atoms with Crippen LogP contribution in [0.5, 0.6) is 0 Å². The number of nitrogens with two attached hydrogens (primary N) is 1. The van der Waals surface area contributed by atoms with Gasteiger partial charge in [-0.05, 0) is 30.3 Å². The maximum atomic E-state index is 13.8. The van der Waals surface area contributed by atoms with Crippen LogP contribution in [-0.4, -0.2) is 24.2 Å². The Labute approximate surface area is 126 Å². The molecule has 0 atom stereocenters. The molecule has 0 spiro atoms. The molecule has 21 heavy (non-hydrogen) atoms. The Kier molecular flexibility index (Phi) is 4.77. The van der Waals surface area contributed by atoms with Gasteiger partial charge in [0.05, 0.1) is 23.5 Å². The Morgan fingerprint density at radius 2 is 2.00 bits per heavy atom. The third-order valence-electron chi connectivity index (χ3n) is 2.96. The molecule has 2 aromatic rings. The monoisotopic (exact) mass is 308 g/mol. The zero-order valence-electron chi connectivity index (χ0n) is 11.1. The fourth-order valence-electron chi connectivity index (χ4n) is 1.97. The molecule has 2 aromatic carbocycles. The van der Waals surface area contributed by atoms with Crippen molar-refractivity contribution in [1.82, 2.24) is 0 Å². The molecule has 0 heterocycles. The van der Waals surface area contributed by atoms with Crippen molar-refractivity contribution in [2.24, 2.45) is 0 Å². The van der Waals surface area contributed by atoms with E-state index in [0.717, 1.165) is 6.07 Å². The van der Waals surface area contributed by atoms with Crippen molar-refractivity contribution >= 4 is 28.9 Å². The molecule has 0 aliphatic heterocycles. The fourth-order valence-corrected chi connectivity index (χ4v) is 2.14. The predicted molar refractivity (Wildman–Crippen MR) is 81.0 cm³/mol. The quantitative estimate of drug-likeness (QED) is 0.853. The highest BCUT2D eigenvalue weighted by molar-refractivity contribution is 6.31. The standard InChI is InChI=1S/C15H14ClFN2O2/c16-10-5-6-12(17)11(9-10)15(21)19(7-8-20)14-4-2-1-3-13(14)18/h1-6,9,20H,7-8,18H2. The average Bonchev–Trinajstić information content (AvgIpc) is 2.47. The van der Waals surface area contributed by atoms with E-state index in [1.807, 2.05) is 0 Å². The number of para-hydroxylation sites is 2.